The fourth-order valence-electron chi connectivity index (χ4n) is 2.38. The maximum atomic E-state index is 12.3. The van der Waals surface area contributed by atoms with Crippen molar-refractivity contribution in [2.45, 2.75) is 22.7 Å². The molecule has 3 aromatic rings. The Morgan fingerprint density at radius 1 is 1.33 bits per heavy atom. The molecule has 9 nitrogen and oxygen atoms in total. The average molecular weight is 410 g/mol. The number of carbonyl (C=O) groups is 1. The number of aryl methyl sites for hydroxylation is 1. The van der Waals surface area contributed by atoms with Crippen molar-refractivity contribution in [2.24, 2.45) is 0 Å². The Morgan fingerprint density at radius 2 is 2.07 bits per heavy atom. The minimum atomic E-state index is -3.57. The summed E-state index contributed by atoms with van der Waals surface area (Å²) in [6.07, 6.45) is 1.49. The number of aromatic nitrogens is 3. The van der Waals surface area contributed by atoms with Crippen molar-refractivity contribution in [1.82, 2.24) is 18.9 Å². The Morgan fingerprint density at radius 3 is 2.74 bits per heavy atom. The monoisotopic (exact) mass is 410 g/mol. The largest absolute Gasteiger partial charge is 0.465 e. The fraction of sp³-hybridized carbons (Fsp3) is 0.312. The van der Waals surface area contributed by atoms with Crippen LogP contribution in [0.5, 0.6) is 0 Å². The van der Waals surface area contributed by atoms with Gasteiger partial charge in [0.05, 0.1) is 17.8 Å². The summed E-state index contributed by atoms with van der Waals surface area (Å²) in [6.45, 7) is 1.69. The highest BCUT2D eigenvalue weighted by Gasteiger charge is 2.20. The second kappa shape index (κ2) is 7.33. The van der Waals surface area contributed by atoms with E-state index < -0.39 is 16.0 Å². The molecule has 0 saturated carbocycles. The smallest absolute Gasteiger partial charge is 0.341 e. The summed E-state index contributed by atoms with van der Waals surface area (Å²) < 4.78 is 37.7. The van der Waals surface area contributed by atoms with Crippen LogP contribution in [0.25, 0.3) is 5.65 Å². The molecule has 0 aromatic carbocycles. The van der Waals surface area contributed by atoms with Gasteiger partial charge in [0, 0.05) is 20.3 Å². The number of hydrogen-bond acceptors (Lipinski definition) is 8. The predicted octanol–water partition coefficient (Wildman–Crippen LogP) is 1.96. The molecule has 0 amide bonds. The first-order valence-electron chi connectivity index (χ1n) is 7.81. The molecule has 0 radical (unpaired) electrons. The third-order valence-electron chi connectivity index (χ3n) is 3.84. The van der Waals surface area contributed by atoms with Gasteiger partial charge in [0.15, 0.2) is 10.8 Å². The summed E-state index contributed by atoms with van der Waals surface area (Å²) in [4.78, 5) is 11.8. The van der Waals surface area contributed by atoms with Gasteiger partial charge >= 0.3 is 5.97 Å². The lowest BCUT2D eigenvalue weighted by atomic mass is 10.2. The average Bonchev–Trinajstić information content (AvgIpc) is 3.21. The van der Waals surface area contributed by atoms with Crippen molar-refractivity contribution in [1.29, 1.82) is 0 Å². The number of ether oxygens (including phenoxy) is 1. The van der Waals surface area contributed by atoms with Gasteiger partial charge in [-0.1, -0.05) is 11.8 Å². The molecule has 27 heavy (non-hydrogen) atoms. The van der Waals surface area contributed by atoms with Gasteiger partial charge in [-0.15, -0.1) is 10.2 Å². The van der Waals surface area contributed by atoms with Crippen LogP contribution in [0.15, 0.2) is 38.9 Å². The van der Waals surface area contributed by atoms with Crippen LogP contribution in [0.2, 0.25) is 0 Å². The van der Waals surface area contributed by atoms with Crippen LogP contribution in [0.3, 0.4) is 0 Å². The lowest BCUT2D eigenvalue weighted by molar-refractivity contribution is 0.0599. The number of pyridine rings is 1. The van der Waals surface area contributed by atoms with E-state index in [0.717, 1.165) is 4.31 Å². The molecule has 0 aliphatic heterocycles. The van der Waals surface area contributed by atoms with Gasteiger partial charge in [-0.25, -0.2) is 17.5 Å². The van der Waals surface area contributed by atoms with Crippen molar-refractivity contribution in [3.8, 4) is 0 Å². The summed E-state index contributed by atoms with van der Waals surface area (Å²) in [5, 5.41) is 8.64. The number of furan rings is 1. The van der Waals surface area contributed by atoms with E-state index in [1.807, 2.05) is 0 Å². The molecule has 0 spiro atoms. The normalized spacial score (nSPS) is 12.0. The summed E-state index contributed by atoms with van der Waals surface area (Å²) in [5.41, 5.74) is 0.902. The molecule has 11 heteroatoms. The summed E-state index contributed by atoms with van der Waals surface area (Å²) in [5.74, 6) is 0.983. The number of thioether (sulfide) groups is 1. The Labute approximate surface area is 160 Å². The van der Waals surface area contributed by atoms with Gasteiger partial charge in [-0.3, -0.25) is 4.40 Å². The summed E-state index contributed by atoms with van der Waals surface area (Å²) in [6, 6.07) is 4.71. The second-order valence-electron chi connectivity index (χ2n) is 5.83. The van der Waals surface area contributed by atoms with E-state index in [1.165, 1.54) is 45.2 Å². The molecule has 0 aliphatic carbocycles. The molecule has 3 rings (SSSR count). The minimum absolute atomic E-state index is 0.142. The standard InChI is InChI=1S/C16H18N4O5S2/c1-10-13(15(21)24-4)7-11(25-10)9-26-16-18-17-14-6-5-12(8-20(14)16)27(22,23)19(2)3/h5-8H,9H2,1-4H3. The first kappa shape index (κ1) is 19.4. The zero-order valence-electron chi connectivity index (χ0n) is 15.2. The van der Waals surface area contributed by atoms with Crippen LogP contribution in [0, 0.1) is 6.92 Å². The molecule has 0 fully saturated rings. The molecule has 144 valence electrons. The zero-order valence-corrected chi connectivity index (χ0v) is 16.8. The Bertz CT molecular complexity index is 1100. The van der Waals surface area contributed by atoms with Gasteiger partial charge in [-0.05, 0) is 25.1 Å². The van der Waals surface area contributed by atoms with Crippen molar-refractivity contribution in [3.63, 3.8) is 0 Å². The molecule has 3 aromatic heterocycles. The first-order chi connectivity index (χ1) is 12.7. The Kier molecular flexibility index (Phi) is 5.27. The maximum absolute atomic E-state index is 12.3. The highest BCUT2D eigenvalue weighted by atomic mass is 32.2. The van der Waals surface area contributed by atoms with Crippen molar-refractivity contribution >= 4 is 33.4 Å². The van der Waals surface area contributed by atoms with Crippen molar-refractivity contribution < 1.29 is 22.4 Å². The van der Waals surface area contributed by atoms with Gasteiger partial charge in [-0.2, -0.15) is 0 Å². The van der Waals surface area contributed by atoms with Crippen molar-refractivity contribution in [2.75, 3.05) is 21.2 Å². The molecular formula is C16H18N4O5S2. The van der Waals surface area contributed by atoms with E-state index in [0.29, 0.717) is 33.6 Å². The Hall–Kier alpha value is -2.37. The number of carbonyl (C=O) groups excluding carboxylic acids is 1. The SMILES string of the molecule is COC(=O)c1cc(CSc2nnc3ccc(S(=O)(=O)N(C)C)cn23)oc1C. The Balaban J connectivity index is 1.87. The van der Waals surface area contributed by atoms with E-state index in [1.54, 1.807) is 23.5 Å². The van der Waals surface area contributed by atoms with Gasteiger partial charge in [0.1, 0.15) is 17.1 Å². The van der Waals surface area contributed by atoms with Crippen LogP contribution in [0.1, 0.15) is 21.9 Å². The topological polar surface area (TPSA) is 107 Å². The number of nitrogens with zero attached hydrogens (tertiary/aromatic N) is 4. The predicted molar refractivity (Wildman–Crippen MR) is 98.2 cm³/mol. The number of rotatable bonds is 6. The molecule has 3 heterocycles. The molecule has 0 N–H and O–H groups in total. The van der Waals surface area contributed by atoms with Gasteiger partial charge in [0.2, 0.25) is 10.0 Å². The highest BCUT2D eigenvalue weighted by molar-refractivity contribution is 7.98. The van der Waals surface area contributed by atoms with Crippen molar-refractivity contribution in [3.05, 3.63) is 41.5 Å². The van der Waals surface area contributed by atoms with Gasteiger partial charge < -0.3 is 9.15 Å². The summed E-state index contributed by atoms with van der Waals surface area (Å²) in [7, 11) is 0.687. The lowest BCUT2D eigenvalue weighted by Gasteiger charge is -2.11. The van der Waals surface area contributed by atoms with E-state index in [-0.39, 0.29) is 4.90 Å². The molecule has 0 saturated heterocycles. The second-order valence-corrected chi connectivity index (χ2v) is 8.92. The van der Waals surface area contributed by atoms with E-state index in [4.69, 9.17) is 9.15 Å². The van der Waals surface area contributed by atoms with Crippen LogP contribution < -0.4 is 0 Å². The van der Waals surface area contributed by atoms with Crippen LogP contribution in [0.4, 0.5) is 0 Å². The number of esters is 1. The highest BCUT2D eigenvalue weighted by Crippen LogP contribution is 2.26. The van der Waals surface area contributed by atoms with Gasteiger partial charge in [0.25, 0.3) is 0 Å². The molecule has 0 unspecified atom stereocenters. The van der Waals surface area contributed by atoms with E-state index >= 15 is 0 Å². The molecule has 0 atom stereocenters. The fourth-order valence-corrected chi connectivity index (χ4v) is 4.07. The maximum Gasteiger partial charge on any atom is 0.341 e. The zero-order chi connectivity index (χ0) is 19.8. The van der Waals surface area contributed by atoms with E-state index in [9.17, 15) is 13.2 Å². The van der Waals surface area contributed by atoms with Crippen LogP contribution in [-0.4, -0.2) is 54.5 Å². The third kappa shape index (κ3) is 3.70. The third-order valence-corrected chi connectivity index (χ3v) is 6.60. The number of fused-ring (bicyclic) bond motifs is 1. The quantitative estimate of drug-likeness (QED) is 0.448. The number of hydrogen-bond donors (Lipinski definition) is 0. The van der Waals surface area contributed by atoms with Crippen LogP contribution >= 0.6 is 11.8 Å². The first-order valence-corrected chi connectivity index (χ1v) is 10.2. The number of methoxy groups -OCH3 is 1. The summed E-state index contributed by atoms with van der Waals surface area (Å²) >= 11 is 1.31. The molecule has 0 aliphatic rings. The number of sulfonamides is 1. The van der Waals surface area contributed by atoms with Crippen LogP contribution in [-0.2, 0) is 20.5 Å². The molecule has 0 bridgehead atoms. The molecular weight excluding hydrogens is 392 g/mol. The minimum Gasteiger partial charge on any atom is -0.465 e. The van der Waals surface area contributed by atoms with E-state index in [2.05, 4.69) is 10.2 Å². The lowest BCUT2D eigenvalue weighted by Crippen LogP contribution is -2.22.